The van der Waals surface area contributed by atoms with Crippen molar-refractivity contribution in [2.45, 2.75) is 13.3 Å². The van der Waals surface area contributed by atoms with Crippen LogP contribution in [0.5, 0.6) is 0 Å². The van der Waals surface area contributed by atoms with Crippen LogP contribution in [0, 0.1) is 0 Å². The molecule has 0 spiro atoms. The molecule has 2 N–H and O–H groups in total. The molecule has 0 aliphatic rings. The zero-order valence-corrected chi connectivity index (χ0v) is 7.49. The first kappa shape index (κ1) is 9.51. The van der Waals surface area contributed by atoms with Gasteiger partial charge in [-0.15, -0.1) is 0 Å². The number of nitrogens with zero attached hydrogens (tertiary/aromatic N) is 1. The van der Waals surface area contributed by atoms with Gasteiger partial charge >= 0.3 is 5.97 Å². The third-order valence-electron chi connectivity index (χ3n) is 1.57. The largest absolute Gasteiger partial charge is 0.466 e. The zero-order valence-electron chi connectivity index (χ0n) is 7.49. The fraction of sp³-hybridized carbons (Fsp3) is 0.333. The molecule has 0 fully saturated rings. The Labute approximate surface area is 76.7 Å². The highest BCUT2D eigenvalue weighted by atomic mass is 16.5. The van der Waals surface area contributed by atoms with Gasteiger partial charge in [-0.3, -0.25) is 4.79 Å². The van der Waals surface area contributed by atoms with Crippen LogP contribution in [0.3, 0.4) is 0 Å². The second-order valence-corrected chi connectivity index (χ2v) is 2.53. The first-order valence-corrected chi connectivity index (χ1v) is 4.09. The molecule has 0 unspecified atom stereocenters. The number of ether oxygens (including phenoxy) is 1. The van der Waals surface area contributed by atoms with Gasteiger partial charge in [-0.2, -0.15) is 0 Å². The van der Waals surface area contributed by atoms with E-state index in [9.17, 15) is 4.79 Å². The lowest BCUT2D eigenvalue weighted by Crippen LogP contribution is -2.09. The minimum Gasteiger partial charge on any atom is -0.466 e. The molecule has 1 aromatic rings. The predicted molar refractivity (Wildman–Crippen MR) is 49.0 cm³/mol. The molecular formula is C9H12N2O2. The quantitative estimate of drug-likeness (QED) is 0.698. The summed E-state index contributed by atoms with van der Waals surface area (Å²) in [5.74, 6) is 0.109. The molecule has 0 aromatic carbocycles. The molecule has 1 aromatic heterocycles. The molecule has 0 saturated carbocycles. The lowest BCUT2D eigenvalue weighted by Gasteiger charge is -2.03. The van der Waals surface area contributed by atoms with Crippen molar-refractivity contribution in [3.63, 3.8) is 0 Å². The smallest absolute Gasteiger partial charge is 0.310 e. The van der Waals surface area contributed by atoms with E-state index in [0.717, 1.165) is 0 Å². The van der Waals surface area contributed by atoms with Crippen LogP contribution in [0.4, 0.5) is 5.82 Å². The summed E-state index contributed by atoms with van der Waals surface area (Å²) in [6, 6.07) is 3.50. The number of anilines is 1. The molecule has 70 valence electrons. The van der Waals surface area contributed by atoms with Crippen LogP contribution in [0.25, 0.3) is 0 Å². The molecule has 4 nitrogen and oxygen atoms in total. The third kappa shape index (κ3) is 2.74. The molecule has 0 bridgehead atoms. The number of pyridine rings is 1. The van der Waals surface area contributed by atoms with Gasteiger partial charge in [0.1, 0.15) is 5.82 Å². The van der Waals surface area contributed by atoms with Crippen LogP contribution >= 0.6 is 0 Å². The minimum atomic E-state index is -0.276. The maximum absolute atomic E-state index is 11.1. The van der Waals surface area contributed by atoms with E-state index in [1.54, 1.807) is 25.3 Å². The molecule has 0 aliphatic carbocycles. The number of hydrogen-bond acceptors (Lipinski definition) is 4. The molecule has 1 rings (SSSR count). The molecule has 0 aliphatic heterocycles. The van der Waals surface area contributed by atoms with Crippen LogP contribution < -0.4 is 5.73 Å². The molecule has 0 radical (unpaired) electrons. The summed E-state index contributed by atoms with van der Waals surface area (Å²) in [5.41, 5.74) is 6.26. The van der Waals surface area contributed by atoms with Crippen molar-refractivity contribution >= 4 is 11.8 Å². The van der Waals surface area contributed by atoms with E-state index in [1.807, 2.05) is 0 Å². The highest BCUT2D eigenvalue weighted by Gasteiger charge is 2.06. The zero-order chi connectivity index (χ0) is 9.68. The topological polar surface area (TPSA) is 65.2 Å². The van der Waals surface area contributed by atoms with Crippen LogP contribution in [-0.4, -0.2) is 17.6 Å². The summed E-state index contributed by atoms with van der Waals surface area (Å²) < 4.78 is 4.78. The molecule has 4 heteroatoms. The van der Waals surface area contributed by atoms with Crippen LogP contribution in [0.2, 0.25) is 0 Å². The number of aromatic nitrogens is 1. The Bertz CT molecular complexity index is 299. The van der Waals surface area contributed by atoms with Gasteiger partial charge < -0.3 is 10.5 Å². The molecule has 0 amide bonds. The third-order valence-corrected chi connectivity index (χ3v) is 1.57. The molecule has 13 heavy (non-hydrogen) atoms. The number of carbonyl (C=O) groups is 1. The first-order valence-electron chi connectivity index (χ1n) is 4.09. The Kier molecular flexibility index (Phi) is 3.25. The fourth-order valence-corrected chi connectivity index (χ4v) is 0.968. The van der Waals surface area contributed by atoms with Crippen molar-refractivity contribution in [2.75, 3.05) is 12.3 Å². The summed E-state index contributed by atoms with van der Waals surface area (Å²) in [7, 11) is 0. The second-order valence-electron chi connectivity index (χ2n) is 2.53. The standard InChI is InChI=1S/C9H12N2O2/c1-2-13-8(12)6-7-4-3-5-11-9(7)10/h3-5H,2,6H2,1H3,(H2,10,11). The van der Waals surface area contributed by atoms with Crippen molar-refractivity contribution in [2.24, 2.45) is 0 Å². The van der Waals surface area contributed by atoms with E-state index in [0.29, 0.717) is 18.0 Å². The van der Waals surface area contributed by atoms with Crippen LogP contribution in [0.1, 0.15) is 12.5 Å². The fourth-order valence-electron chi connectivity index (χ4n) is 0.968. The maximum atomic E-state index is 11.1. The number of esters is 1. The number of hydrogen-bond donors (Lipinski definition) is 1. The molecule has 0 atom stereocenters. The Morgan fingerprint density at radius 1 is 1.69 bits per heavy atom. The summed E-state index contributed by atoms with van der Waals surface area (Å²) >= 11 is 0. The van der Waals surface area contributed by atoms with Gasteiger partial charge in [-0.05, 0) is 13.0 Å². The van der Waals surface area contributed by atoms with Crippen molar-refractivity contribution in [3.05, 3.63) is 23.9 Å². The van der Waals surface area contributed by atoms with Gasteiger partial charge in [0.2, 0.25) is 0 Å². The minimum absolute atomic E-state index is 0.188. The van der Waals surface area contributed by atoms with E-state index in [-0.39, 0.29) is 12.4 Å². The number of nitrogen functional groups attached to an aromatic ring is 1. The summed E-state index contributed by atoms with van der Waals surface area (Å²) in [4.78, 5) is 14.9. The van der Waals surface area contributed by atoms with E-state index < -0.39 is 0 Å². The Balaban J connectivity index is 2.63. The van der Waals surface area contributed by atoms with Gasteiger partial charge in [0.15, 0.2) is 0 Å². The Morgan fingerprint density at radius 3 is 3.08 bits per heavy atom. The van der Waals surface area contributed by atoms with Crippen molar-refractivity contribution in [1.29, 1.82) is 0 Å². The van der Waals surface area contributed by atoms with E-state index in [2.05, 4.69) is 4.98 Å². The number of carbonyl (C=O) groups excluding carboxylic acids is 1. The summed E-state index contributed by atoms with van der Waals surface area (Å²) in [6.45, 7) is 2.16. The van der Waals surface area contributed by atoms with E-state index in [4.69, 9.17) is 10.5 Å². The van der Waals surface area contributed by atoms with Crippen LogP contribution in [0.15, 0.2) is 18.3 Å². The SMILES string of the molecule is CCOC(=O)Cc1cccnc1N. The average molecular weight is 180 g/mol. The normalized spacial score (nSPS) is 9.62. The van der Waals surface area contributed by atoms with Crippen molar-refractivity contribution in [3.8, 4) is 0 Å². The highest BCUT2D eigenvalue weighted by molar-refractivity contribution is 5.74. The highest BCUT2D eigenvalue weighted by Crippen LogP contribution is 2.07. The van der Waals surface area contributed by atoms with Gasteiger partial charge in [-0.25, -0.2) is 4.98 Å². The van der Waals surface area contributed by atoms with E-state index in [1.165, 1.54) is 0 Å². The van der Waals surface area contributed by atoms with Gasteiger partial charge in [0, 0.05) is 11.8 Å². The van der Waals surface area contributed by atoms with E-state index >= 15 is 0 Å². The molecule has 0 saturated heterocycles. The predicted octanol–water partition coefficient (Wildman–Crippen LogP) is 0.769. The van der Waals surface area contributed by atoms with Gasteiger partial charge in [-0.1, -0.05) is 6.07 Å². The lowest BCUT2D eigenvalue weighted by atomic mass is 10.2. The lowest BCUT2D eigenvalue weighted by molar-refractivity contribution is -0.142. The monoisotopic (exact) mass is 180 g/mol. The average Bonchev–Trinajstić information content (AvgIpc) is 2.09. The van der Waals surface area contributed by atoms with Crippen molar-refractivity contribution in [1.82, 2.24) is 4.98 Å². The Morgan fingerprint density at radius 2 is 2.46 bits per heavy atom. The Hall–Kier alpha value is -1.58. The molecular weight excluding hydrogens is 168 g/mol. The molecule has 1 heterocycles. The number of rotatable bonds is 3. The van der Waals surface area contributed by atoms with Crippen molar-refractivity contribution < 1.29 is 9.53 Å². The summed E-state index contributed by atoms with van der Waals surface area (Å²) in [5, 5.41) is 0. The second kappa shape index (κ2) is 4.45. The van der Waals surface area contributed by atoms with Crippen LogP contribution in [-0.2, 0) is 16.0 Å². The first-order chi connectivity index (χ1) is 6.24. The van der Waals surface area contributed by atoms with Gasteiger partial charge in [0.05, 0.1) is 13.0 Å². The van der Waals surface area contributed by atoms with Gasteiger partial charge in [0.25, 0.3) is 0 Å². The number of nitrogens with two attached hydrogens (primary N) is 1. The summed E-state index contributed by atoms with van der Waals surface area (Å²) in [6.07, 6.45) is 1.78. The maximum Gasteiger partial charge on any atom is 0.310 e.